The number of amides is 1. The summed E-state index contributed by atoms with van der Waals surface area (Å²) < 4.78 is 10.6. The molecule has 1 atom stereocenters. The van der Waals surface area contributed by atoms with Crippen LogP contribution < -0.4 is 20.1 Å². The Morgan fingerprint density at radius 1 is 1.25 bits per heavy atom. The molecule has 3 rings (SSSR count). The molecule has 0 saturated heterocycles. The van der Waals surface area contributed by atoms with Crippen LogP contribution >= 0.6 is 11.6 Å². The minimum Gasteiger partial charge on any atom is -0.454 e. The molecule has 0 saturated carbocycles. The van der Waals surface area contributed by atoms with Gasteiger partial charge in [-0.2, -0.15) is 0 Å². The lowest BCUT2D eigenvalue weighted by atomic mass is 10.1. The molecule has 6 heteroatoms. The van der Waals surface area contributed by atoms with Crippen LogP contribution in [0.1, 0.15) is 24.1 Å². The van der Waals surface area contributed by atoms with Crippen LogP contribution in [-0.2, 0) is 11.3 Å². The van der Waals surface area contributed by atoms with Crippen LogP contribution in [0.2, 0.25) is 5.02 Å². The quantitative estimate of drug-likeness (QED) is 0.840. The maximum atomic E-state index is 12.0. The van der Waals surface area contributed by atoms with Crippen molar-refractivity contribution >= 4 is 17.5 Å². The van der Waals surface area contributed by atoms with E-state index in [1.54, 1.807) is 0 Å². The number of carbonyl (C=O) groups excluding carboxylic acids is 1. The lowest BCUT2D eigenvalue weighted by molar-refractivity contribution is -0.682. The molecule has 1 aliphatic heterocycles. The van der Waals surface area contributed by atoms with Crippen molar-refractivity contribution in [1.82, 2.24) is 5.32 Å². The first-order chi connectivity index (χ1) is 11.6. The fourth-order valence-electron chi connectivity index (χ4n) is 2.53. The molecule has 0 aliphatic carbocycles. The van der Waals surface area contributed by atoms with Crippen molar-refractivity contribution in [2.45, 2.75) is 19.5 Å². The minimum absolute atomic E-state index is 0.0125. The van der Waals surface area contributed by atoms with E-state index in [0.29, 0.717) is 18.1 Å². The number of halogens is 1. The molecule has 3 N–H and O–H groups in total. The van der Waals surface area contributed by atoms with Gasteiger partial charge in [-0.3, -0.25) is 4.79 Å². The summed E-state index contributed by atoms with van der Waals surface area (Å²) >= 11 is 6.00. The van der Waals surface area contributed by atoms with E-state index < -0.39 is 0 Å². The first-order valence-corrected chi connectivity index (χ1v) is 8.23. The number of hydrogen-bond donors (Lipinski definition) is 2. The Bertz CT molecular complexity index is 736. The first kappa shape index (κ1) is 16.6. The summed E-state index contributed by atoms with van der Waals surface area (Å²) in [5, 5.41) is 5.61. The van der Waals surface area contributed by atoms with Gasteiger partial charge in [0.15, 0.2) is 18.0 Å². The Balaban J connectivity index is 1.46. The van der Waals surface area contributed by atoms with Crippen molar-refractivity contribution in [3.63, 3.8) is 0 Å². The molecule has 24 heavy (non-hydrogen) atoms. The molecule has 0 radical (unpaired) electrons. The van der Waals surface area contributed by atoms with Gasteiger partial charge < -0.3 is 20.1 Å². The maximum Gasteiger partial charge on any atom is 0.275 e. The minimum atomic E-state index is -0.0125. The monoisotopic (exact) mass is 347 g/mol. The zero-order valence-electron chi connectivity index (χ0n) is 13.4. The summed E-state index contributed by atoms with van der Waals surface area (Å²) in [4.78, 5) is 12.0. The fourth-order valence-corrected chi connectivity index (χ4v) is 2.73. The third kappa shape index (κ3) is 4.19. The number of benzene rings is 2. The van der Waals surface area contributed by atoms with Crippen molar-refractivity contribution in [3.05, 3.63) is 58.6 Å². The van der Waals surface area contributed by atoms with Gasteiger partial charge in [-0.1, -0.05) is 29.8 Å². The Morgan fingerprint density at radius 2 is 2.08 bits per heavy atom. The smallest absolute Gasteiger partial charge is 0.275 e. The number of ether oxygens (including phenoxy) is 2. The predicted molar refractivity (Wildman–Crippen MR) is 91.1 cm³/mol. The zero-order chi connectivity index (χ0) is 16.9. The van der Waals surface area contributed by atoms with E-state index in [2.05, 4.69) is 12.2 Å². The highest BCUT2D eigenvalue weighted by molar-refractivity contribution is 6.30. The summed E-state index contributed by atoms with van der Waals surface area (Å²) in [6.07, 6.45) is 0. The Kier molecular flexibility index (Phi) is 5.23. The molecule has 1 heterocycles. The van der Waals surface area contributed by atoms with Crippen LogP contribution in [0.25, 0.3) is 0 Å². The van der Waals surface area contributed by atoms with E-state index in [1.165, 1.54) is 0 Å². The number of carbonyl (C=O) groups is 1. The number of nitrogens with two attached hydrogens (primary N) is 1. The molecule has 1 aliphatic rings. The summed E-state index contributed by atoms with van der Waals surface area (Å²) in [7, 11) is 0. The van der Waals surface area contributed by atoms with Gasteiger partial charge in [-0.25, -0.2) is 0 Å². The first-order valence-electron chi connectivity index (χ1n) is 7.86. The molecule has 0 fully saturated rings. The largest absolute Gasteiger partial charge is 0.454 e. The Morgan fingerprint density at radius 3 is 2.92 bits per heavy atom. The standard InChI is InChI=1S/C18H19ClN2O3/c1-12(14-3-2-4-15(19)8-14)20-10-18(22)21-9-13-5-6-16-17(7-13)24-11-23-16/h2-8,12,20H,9-11H2,1H3,(H,21,22)/p+1/t12-/m1/s1. The highest BCUT2D eigenvalue weighted by Crippen LogP contribution is 2.32. The number of quaternary nitrogens is 1. The van der Waals surface area contributed by atoms with Crippen molar-refractivity contribution in [1.29, 1.82) is 0 Å². The van der Waals surface area contributed by atoms with Crippen LogP contribution in [0.5, 0.6) is 11.5 Å². The van der Waals surface area contributed by atoms with Gasteiger partial charge in [0.25, 0.3) is 5.91 Å². The molecule has 126 valence electrons. The van der Waals surface area contributed by atoms with Crippen LogP contribution in [0, 0.1) is 0 Å². The second kappa shape index (κ2) is 7.55. The Labute approximate surface area is 145 Å². The van der Waals surface area contributed by atoms with E-state index in [9.17, 15) is 4.79 Å². The second-order valence-corrected chi connectivity index (χ2v) is 6.18. The summed E-state index contributed by atoms with van der Waals surface area (Å²) in [6, 6.07) is 13.5. The average Bonchev–Trinajstić information content (AvgIpc) is 3.05. The average molecular weight is 348 g/mol. The molecule has 0 spiro atoms. The molecule has 0 aromatic heterocycles. The fraction of sp³-hybridized carbons (Fsp3) is 0.278. The lowest BCUT2D eigenvalue weighted by Crippen LogP contribution is -2.87. The maximum absolute atomic E-state index is 12.0. The van der Waals surface area contributed by atoms with E-state index in [1.807, 2.05) is 47.8 Å². The van der Waals surface area contributed by atoms with Crippen LogP contribution in [0.15, 0.2) is 42.5 Å². The van der Waals surface area contributed by atoms with Gasteiger partial charge in [-0.15, -0.1) is 0 Å². The molecule has 1 amide bonds. The second-order valence-electron chi connectivity index (χ2n) is 5.75. The molecule has 2 aromatic carbocycles. The van der Waals surface area contributed by atoms with Crippen molar-refractivity contribution in [2.24, 2.45) is 0 Å². The molecule has 2 aromatic rings. The van der Waals surface area contributed by atoms with Gasteiger partial charge in [0.2, 0.25) is 6.79 Å². The van der Waals surface area contributed by atoms with Gasteiger partial charge in [0.1, 0.15) is 6.04 Å². The summed E-state index contributed by atoms with van der Waals surface area (Å²) in [5.74, 6) is 1.46. The number of hydrogen-bond acceptors (Lipinski definition) is 3. The third-order valence-corrected chi connectivity index (χ3v) is 4.19. The van der Waals surface area contributed by atoms with Crippen LogP contribution in [0.4, 0.5) is 0 Å². The van der Waals surface area contributed by atoms with Gasteiger partial charge in [0, 0.05) is 17.1 Å². The number of rotatable bonds is 6. The van der Waals surface area contributed by atoms with Gasteiger partial charge >= 0.3 is 0 Å². The van der Waals surface area contributed by atoms with Crippen LogP contribution in [0.3, 0.4) is 0 Å². The SMILES string of the molecule is C[C@@H]([NH2+]CC(=O)NCc1ccc2c(c1)OCO2)c1cccc(Cl)c1. The highest BCUT2D eigenvalue weighted by Gasteiger charge is 2.14. The molecular weight excluding hydrogens is 328 g/mol. The Hall–Kier alpha value is -2.24. The third-order valence-electron chi connectivity index (χ3n) is 3.96. The van der Waals surface area contributed by atoms with E-state index in [4.69, 9.17) is 21.1 Å². The summed E-state index contributed by atoms with van der Waals surface area (Å²) in [6.45, 7) is 3.13. The van der Waals surface area contributed by atoms with Crippen molar-refractivity contribution in [3.8, 4) is 11.5 Å². The number of fused-ring (bicyclic) bond motifs is 1. The van der Waals surface area contributed by atoms with E-state index in [0.717, 1.165) is 22.6 Å². The van der Waals surface area contributed by atoms with E-state index >= 15 is 0 Å². The van der Waals surface area contributed by atoms with Gasteiger partial charge in [0.05, 0.1) is 0 Å². The topological polar surface area (TPSA) is 64.2 Å². The normalized spacial score (nSPS) is 13.6. The molecule has 0 bridgehead atoms. The molecule has 5 nitrogen and oxygen atoms in total. The van der Waals surface area contributed by atoms with Crippen molar-refractivity contribution in [2.75, 3.05) is 13.3 Å². The van der Waals surface area contributed by atoms with Crippen LogP contribution in [-0.4, -0.2) is 19.2 Å². The zero-order valence-corrected chi connectivity index (χ0v) is 14.2. The predicted octanol–water partition coefficient (Wildman–Crippen LogP) is 2.01. The van der Waals surface area contributed by atoms with E-state index in [-0.39, 0.29) is 18.7 Å². The lowest BCUT2D eigenvalue weighted by Gasteiger charge is -2.11. The summed E-state index contributed by atoms with van der Waals surface area (Å²) in [5.41, 5.74) is 2.08. The molecule has 0 unspecified atom stereocenters. The number of nitrogens with one attached hydrogen (secondary N) is 1. The van der Waals surface area contributed by atoms with Crippen molar-refractivity contribution < 1.29 is 19.6 Å². The highest BCUT2D eigenvalue weighted by atomic mass is 35.5. The molecular formula is C18H20ClN2O3+. The van der Waals surface area contributed by atoms with Gasteiger partial charge in [-0.05, 0) is 36.8 Å².